The van der Waals surface area contributed by atoms with Gasteiger partial charge in [0.1, 0.15) is 42.5 Å². The summed E-state index contributed by atoms with van der Waals surface area (Å²) in [5, 5.41) is 31.4. The van der Waals surface area contributed by atoms with E-state index >= 15 is 0 Å². The highest BCUT2D eigenvalue weighted by atomic mass is 16.3. The third kappa shape index (κ3) is 13.3. The Labute approximate surface area is 520 Å². The van der Waals surface area contributed by atoms with E-state index in [0.717, 1.165) is 49.8 Å². The molecule has 6 aromatic carbocycles. The van der Waals surface area contributed by atoms with Crippen LogP contribution < -0.4 is 37.6 Å². The van der Waals surface area contributed by atoms with E-state index in [2.05, 4.69) is 36.9 Å². The molecule has 90 heavy (non-hydrogen) atoms. The van der Waals surface area contributed by atoms with Crippen LogP contribution in [0.25, 0.3) is 32.9 Å². The van der Waals surface area contributed by atoms with Crippen LogP contribution in [0, 0.1) is 0 Å². The van der Waals surface area contributed by atoms with Gasteiger partial charge in [0.25, 0.3) is 0 Å². The molecule has 9 atom stereocenters. The first-order chi connectivity index (χ1) is 43.8. The van der Waals surface area contributed by atoms with Crippen molar-refractivity contribution >= 4 is 69.6 Å². The average Bonchev–Trinajstić information content (AvgIpc) is 1.77. The number of carbonyl (C=O) groups excluding carboxylic acids is 8. The third-order valence-electron chi connectivity index (χ3n) is 18.1. The van der Waals surface area contributed by atoms with E-state index in [1.807, 2.05) is 146 Å². The maximum Gasteiger partial charge on any atom is 0.246 e. The molecule has 1 unspecified atom stereocenters. The average molecular weight is 1210 g/mol. The molecule has 4 aliphatic heterocycles. The Hall–Kier alpha value is -9.76. The van der Waals surface area contributed by atoms with E-state index in [-0.39, 0.29) is 44.4 Å². The molecule has 6 heterocycles. The maximum absolute atomic E-state index is 14.9. The number of carbonyl (C=O) groups is 8. The quantitative estimate of drug-likeness (QED) is 0.0661. The first kappa shape index (κ1) is 60.5. The van der Waals surface area contributed by atoms with Crippen molar-refractivity contribution in [3.05, 3.63) is 203 Å². The van der Waals surface area contributed by atoms with Gasteiger partial charge in [-0.15, -0.1) is 0 Å². The number of nitrogens with zero attached hydrogens (tertiary/aromatic N) is 3. The Bertz CT molecular complexity index is 3970. The van der Waals surface area contributed by atoms with Crippen LogP contribution >= 0.6 is 0 Å². The molecule has 2 aromatic heterocycles. The van der Waals surface area contributed by atoms with Gasteiger partial charge in [-0.2, -0.15) is 0 Å². The third-order valence-corrected chi connectivity index (χ3v) is 18.1. The van der Waals surface area contributed by atoms with Gasteiger partial charge in [-0.05, 0) is 100 Å². The van der Waals surface area contributed by atoms with Crippen LogP contribution in [-0.2, 0) is 83.4 Å². The lowest BCUT2D eigenvalue weighted by Gasteiger charge is -2.35. The zero-order valence-electron chi connectivity index (χ0n) is 49.7. The molecular formula is C70H73N11O9. The molecular weight excluding hydrogens is 1140 g/mol. The molecule has 8 aromatic rings. The van der Waals surface area contributed by atoms with Crippen molar-refractivity contribution in [2.75, 3.05) is 13.1 Å². The van der Waals surface area contributed by atoms with Gasteiger partial charge in [0.15, 0.2) is 0 Å². The zero-order valence-corrected chi connectivity index (χ0v) is 49.7. The fraction of sp³-hybridized carbons (Fsp3) is 0.314. The second-order valence-electron chi connectivity index (χ2n) is 24.1. The molecule has 0 radical (unpaired) electrons. The lowest BCUT2D eigenvalue weighted by Crippen LogP contribution is -2.63. The van der Waals surface area contributed by atoms with Gasteiger partial charge < -0.3 is 52.2 Å². The molecule has 4 fully saturated rings. The molecule has 20 heteroatoms. The van der Waals surface area contributed by atoms with Gasteiger partial charge in [0.05, 0.1) is 17.6 Å². The molecule has 0 bridgehead atoms. The van der Waals surface area contributed by atoms with Gasteiger partial charge in [-0.25, -0.2) is 0 Å². The van der Waals surface area contributed by atoms with Crippen molar-refractivity contribution < 1.29 is 43.5 Å². The predicted molar refractivity (Wildman–Crippen MR) is 339 cm³/mol. The van der Waals surface area contributed by atoms with E-state index < -0.39 is 90.0 Å². The first-order valence-corrected chi connectivity index (χ1v) is 30.9. The maximum atomic E-state index is 14.9. The van der Waals surface area contributed by atoms with E-state index in [9.17, 15) is 43.5 Å². The number of aliphatic hydroxyl groups is 1. The number of aliphatic hydroxyl groups excluding tert-OH is 1. The predicted octanol–water partition coefficient (Wildman–Crippen LogP) is 4.05. The molecule has 0 saturated carbocycles. The highest BCUT2D eigenvalue weighted by Crippen LogP contribution is 2.31. The number of hydrogen-bond donors (Lipinski definition) is 9. The summed E-state index contributed by atoms with van der Waals surface area (Å²) in [6.07, 6.45) is 5.36. The van der Waals surface area contributed by atoms with Gasteiger partial charge in [-0.1, -0.05) is 133 Å². The largest absolute Gasteiger partial charge is 0.376 e. The second-order valence-corrected chi connectivity index (χ2v) is 24.1. The van der Waals surface area contributed by atoms with E-state index in [1.54, 1.807) is 23.4 Å². The Morgan fingerprint density at radius 1 is 0.478 bits per heavy atom. The summed E-state index contributed by atoms with van der Waals surface area (Å²) in [4.78, 5) is 122. The zero-order chi connectivity index (χ0) is 62.4. The fourth-order valence-corrected chi connectivity index (χ4v) is 13.3. The van der Waals surface area contributed by atoms with Crippen molar-refractivity contribution in [2.24, 2.45) is 5.73 Å². The number of nitrogens with two attached hydrogens (primary N) is 1. The highest BCUT2D eigenvalue weighted by Gasteiger charge is 2.43. The Balaban J connectivity index is 0.824. The molecule has 20 nitrogen and oxygen atoms in total. The number of aromatic amines is 1. The molecule has 12 rings (SSSR count). The van der Waals surface area contributed by atoms with Gasteiger partial charge in [0, 0.05) is 80.4 Å². The monoisotopic (exact) mass is 1210 g/mol. The van der Waals surface area contributed by atoms with Crippen LogP contribution in [0.5, 0.6) is 0 Å². The molecule has 7 amide bonds. The Morgan fingerprint density at radius 3 is 1.61 bits per heavy atom. The minimum absolute atomic E-state index is 0.0268. The summed E-state index contributed by atoms with van der Waals surface area (Å²) in [5.74, 6) is -3.50. The van der Waals surface area contributed by atoms with Crippen LogP contribution in [-0.4, -0.2) is 140 Å². The van der Waals surface area contributed by atoms with Gasteiger partial charge >= 0.3 is 0 Å². The van der Waals surface area contributed by atoms with Crippen LogP contribution in [0.1, 0.15) is 64.6 Å². The number of hydrogen-bond acceptors (Lipinski definition) is 11. The van der Waals surface area contributed by atoms with Crippen molar-refractivity contribution in [1.82, 2.24) is 51.3 Å². The molecule has 0 spiro atoms. The summed E-state index contributed by atoms with van der Waals surface area (Å²) in [5.41, 5.74) is 14.1. The van der Waals surface area contributed by atoms with Crippen molar-refractivity contribution in [2.45, 2.75) is 125 Å². The molecule has 4 aliphatic rings. The number of amides is 7. The Morgan fingerprint density at radius 2 is 0.967 bits per heavy atom. The van der Waals surface area contributed by atoms with Crippen LogP contribution in [0.3, 0.4) is 0 Å². The van der Waals surface area contributed by atoms with Gasteiger partial charge in [-0.3, -0.25) is 48.2 Å². The van der Waals surface area contributed by atoms with Gasteiger partial charge in [0.2, 0.25) is 47.8 Å². The van der Waals surface area contributed by atoms with Crippen LogP contribution in [0.2, 0.25) is 0 Å². The smallest absolute Gasteiger partial charge is 0.246 e. The van der Waals surface area contributed by atoms with Crippen molar-refractivity contribution in [3.63, 3.8) is 0 Å². The second kappa shape index (κ2) is 26.9. The number of benzene rings is 6. The number of fused-ring (bicyclic) bond motifs is 4. The van der Waals surface area contributed by atoms with Crippen LogP contribution in [0.4, 0.5) is 0 Å². The normalized spacial score (nSPS) is 23.7. The summed E-state index contributed by atoms with van der Waals surface area (Å²) in [6.45, 7) is 0.997. The molecule has 0 aliphatic carbocycles. The SMILES string of the molecule is NCc1ccc(C[C@@H]2NC(=O)[C@@H](Cc3c[nH]c4ccccc34)NC(=O)[C@H](Cc3ccc(-c4ccc5c(c4)c(C[C@H]4NC(=O)[C@H](Cc6ccccc6)NC(O)[C@H]6CCCN6C(=O)[C@H](Cc6ccccc6)NC4=O)cn5C=O)cc3)NC(=O)[C@H]3CCCN3C2=O)cc1. The number of aromatic nitrogens is 2. The lowest BCUT2D eigenvalue weighted by molar-refractivity contribution is -0.143. The standard InChI is InChI=1S/C70H73N11O9/c71-38-46-21-19-44(20-22-46)34-59-70(90)81-30-10-18-62(81)68(88)76-55(64(84)73-56(65(85)78-59)36-49-39-72-53-16-8-7-15-51(49)53)32-45-23-25-47(26-24-45)48-27-28-60-52(35-48)50(40-79(60)41-82)37-57-66(86)77-58(33-43-13-5-2-6-14-43)69(89)80-29-9-17-61(80)67(87)75-54(63(83)74-57)31-42-11-3-1-4-12-42/h1-8,11-16,19-28,35,39-41,54-59,61-62,67,72,75,87H,9-10,17-18,29-34,36-38,71H2,(H,73,84)(H,74,83)(H,76,88)(H,77,86)(H,78,85)/t54-,55-,56+,57+,58-,59-,61+,62+,67?/m0/s1. The summed E-state index contributed by atoms with van der Waals surface area (Å²) >= 11 is 0. The Kier molecular flexibility index (Phi) is 18.1. The van der Waals surface area contributed by atoms with E-state index in [0.29, 0.717) is 73.8 Å². The minimum atomic E-state index is -1.26. The number of nitrogens with one attached hydrogen (secondary N) is 7. The minimum Gasteiger partial charge on any atom is -0.376 e. The van der Waals surface area contributed by atoms with E-state index in [4.69, 9.17) is 5.73 Å². The lowest BCUT2D eigenvalue weighted by atomic mass is 9.96. The summed E-state index contributed by atoms with van der Waals surface area (Å²) < 4.78 is 1.41. The first-order valence-electron chi connectivity index (χ1n) is 30.9. The highest BCUT2D eigenvalue weighted by molar-refractivity contribution is 5.99. The number of rotatable bonds is 15. The summed E-state index contributed by atoms with van der Waals surface area (Å²) in [7, 11) is 0. The molecule has 4 saturated heterocycles. The van der Waals surface area contributed by atoms with E-state index in [1.165, 1.54) is 9.47 Å². The molecule has 462 valence electrons. The van der Waals surface area contributed by atoms with Crippen molar-refractivity contribution in [1.29, 1.82) is 0 Å². The number of H-pyrrole nitrogens is 1. The molecule has 10 N–H and O–H groups in total. The summed E-state index contributed by atoms with van der Waals surface area (Å²) in [6, 6.07) is 38.6. The number of para-hydroxylation sites is 1. The van der Waals surface area contributed by atoms with Crippen LogP contribution in [0.15, 0.2) is 164 Å². The van der Waals surface area contributed by atoms with Crippen molar-refractivity contribution in [3.8, 4) is 11.1 Å². The topological polar surface area (TPSA) is 282 Å². The fourth-order valence-electron chi connectivity index (χ4n) is 13.3.